The number of carboxylic acids is 1. The zero-order chi connectivity index (χ0) is 22.4. The third-order valence-corrected chi connectivity index (χ3v) is 5.70. The van der Waals surface area contributed by atoms with Crippen LogP contribution in [0.1, 0.15) is 30.6 Å². The number of ether oxygens (including phenoxy) is 1. The van der Waals surface area contributed by atoms with Crippen molar-refractivity contribution in [2.75, 3.05) is 18.5 Å². The van der Waals surface area contributed by atoms with Crippen LogP contribution in [-0.4, -0.2) is 46.3 Å². The molecule has 31 heavy (non-hydrogen) atoms. The zero-order valence-electron chi connectivity index (χ0n) is 17.2. The first kappa shape index (κ1) is 22.4. The highest BCUT2D eigenvalue weighted by Gasteiger charge is 2.35. The number of benzene rings is 2. The minimum atomic E-state index is -1.29. The Hall–Kier alpha value is -3.33. The van der Waals surface area contributed by atoms with Crippen molar-refractivity contribution in [1.82, 2.24) is 4.90 Å². The van der Waals surface area contributed by atoms with E-state index in [4.69, 9.17) is 4.74 Å². The molecular formula is C22H22N3O5S-. The summed E-state index contributed by atoms with van der Waals surface area (Å²) in [6.07, 6.45) is 0.0454. The van der Waals surface area contributed by atoms with Crippen LogP contribution in [0.4, 0.5) is 11.4 Å². The lowest BCUT2D eigenvalue weighted by Crippen LogP contribution is -2.45. The van der Waals surface area contributed by atoms with Crippen LogP contribution in [0.2, 0.25) is 0 Å². The number of aliphatic imine (C=N–C) groups is 1. The van der Waals surface area contributed by atoms with Gasteiger partial charge >= 0.3 is 0 Å². The standard InChI is InChI=1S/C22H23N3O5S/c1-3-25-19(26)13-18(20(27)23-15-7-5-14(6-8-15)21(28)29)31-22(25)24-16-9-11-17(12-10-16)30-4-2/h5-12,18H,3-4,13H2,1-2H3,(H,23,27)(H,28,29)/p-1/t18-/m0/s1. The fourth-order valence-corrected chi connectivity index (χ4v) is 4.12. The van der Waals surface area contributed by atoms with Crippen molar-refractivity contribution in [3.63, 3.8) is 0 Å². The lowest BCUT2D eigenvalue weighted by atomic mass is 10.2. The van der Waals surface area contributed by atoms with E-state index in [0.717, 1.165) is 5.75 Å². The number of hydrogen-bond acceptors (Lipinski definition) is 7. The molecule has 1 aliphatic heterocycles. The average Bonchev–Trinajstić information content (AvgIpc) is 2.75. The van der Waals surface area contributed by atoms with Crippen LogP contribution >= 0.6 is 11.8 Å². The Morgan fingerprint density at radius 2 is 1.84 bits per heavy atom. The van der Waals surface area contributed by atoms with Gasteiger partial charge < -0.3 is 20.0 Å². The quantitative estimate of drug-likeness (QED) is 0.708. The lowest BCUT2D eigenvalue weighted by Gasteiger charge is -2.30. The summed E-state index contributed by atoms with van der Waals surface area (Å²) in [6, 6.07) is 12.8. The molecule has 1 aliphatic rings. The van der Waals surface area contributed by atoms with Gasteiger partial charge in [0.15, 0.2) is 5.17 Å². The molecule has 0 aliphatic carbocycles. The minimum absolute atomic E-state index is 0.0172. The van der Waals surface area contributed by atoms with Crippen LogP contribution in [0.25, 0.3) is 0 Å². The fourth-order valence-electron chi connectivity index (χ4n) is 2.96. The Labute approximate surface area is 184 Å². The van der Waals surface area contributed by atoms with Crippen LogP contribution < -0.4 is 15.2 Å². The summed E-state index contributed by atoms with van der Waals surface area (Å²) >= 11 is 1.22. The molecule has 2 aromatic rings. The number of amides is 2. The lowest BCUT2D eigenvalue weighted by molar-refractivity contribution is -0.255. The number of carbonyl (C=O) groups excluding carboxylic acids is 3. The van der Waals surface area contributed by atoms with Gasteiger partial charge in [0, 0.05) is 18.7 Å². The summed E-state index contributed by atoms with van der Waals surface area (Å²) in [6.45, 7) is 4.77. The second kappa shape index (κ2) is 10.1. The molecule has 2 amide bonds. The minimum Gasteiger partial charge on any atom is -0.545 e. The molecule has 0 spiro atoms. The van der Waals surface area contributed by atoms with Gasteiger partial charge in [-0.1, -0.05) is 23.9 Å². The van der Waals surface area contributed by atoms with E-state index in [0.29, 0.717) is 29.7 Å². The van der Waals surface area contributed by atoms with Gasteiger partial charge in [-0.3, -0.25) is 14.5 Å². The van der Waals surface area contributed by atoms with Crippen LogP contribution in [0.5, 0.6) is 5.75 Å². The first-order chi connectivity index (χ1) is 14.9. The maximum Gasteiger partial charge on any atom is 0.238 e. The normalized spacial score (nSPS) is 17.5. The Balaban J connectivity index is 1.75. The van der Waals surface area contributed by atoms with E-state index in [9.17, 15) is 19.5 Å². The summed E-state index contributed by atoms with van der Waals surface area (Å²) in [7, 11) is 0. The van der Waals surface area contributed by atoms with Gasteiger partial charge in [-0.2, -0.15) is 0 Å². The van der Waals surface area contributed by atoms with Crippen molar-refractivity contribution in [2.24, 2.45) is 4.99 Å². The molecule has 1 fully saturated rings. The molecule has 1 atom stereocenters. The highest BCUT2D eigenvalue weighted by molar-refractivity contribution is 8.15. The van der Waals surface area contributed by atoms with Crippen molar-refractivity contribution < 1.29 is 24.2 Å². The van der Waals surface area contributed by atoms with E-state index < -0.39 is 11.2 Å². The van der Waals surface area contributed by atoms with Gasteiger partial charge in [-0.05, 0) is 55.8 Å². The van der Waals surface area contributed by atoms with Crippen molar-refractivity contribution in [1.29, 1.82) is 0 Å². The maximum absolute atomic E-state index is 12.7. The van der Waals surface area contributed by atoms with Crippen molar-refractivity contribution in [3.05, 3.63) is 54.1 Å². The van der Waals surface area contributed by atoms with E-state index in [-0.39, 0.29) is 23.8 Å². The fraction of sp³-hybridized carbons (Fsp3) is 0.273. The van der Waals surface area contributed by atoms with Crippen LogP contribution in [0, 0.1) is 0 Å². The Morgan fingerprint density at radius 3 is 2.42 bits per heavy atom. The van der Waals surface area contributed by atoms with Gasteiger partial charge in [0.2, 0.25) is 11.8 Å². The van der Waals surface area contributed by atoms with E-state index in [1.165, 1.54) is 36.0 Å². The van der Waals surface area contributed by atoms with Gasteiger partial charge in [0.1, 0.15) is 11.0 Å². The first-order valence-corrected chi connectivity index (χ1v) is 10.7. The molecule has 0 saturated carbocycles. The van der Waals surface area contributed by atoms with E-state index in [1.54, 1.807) is 29.2 Å². The number of carbonyl (C=O) groups is 3. The SMILES string of the molecule is CCOc1ccc(N=C2S[C@H](C(=O)Nc3ccc(C(=O)[O-])cc3)CC(=O)N2CC)cc1. The van der Waals surface area contributed by atoms with Gasteiger partial charge in [-0.25, -0.2) is 4.99 Å². The summed E-state index contributed by atoms with van der Waals surface area (Å²) in [4.78, 5) is 42.3. The van der Waals surface area contributed by atoms with Crippen molar-refractivity contribution in [2.45, 2.75) is 25.5 Å². The number of carboxylic acid groups (broad SMARTS) is 1. The molecule has 1 N–H and O–H groups in total. The summed E-state index contributed by atoms with van der Waals surface area (Å²) < 4.78 is 5.43. The molecule has 1 heterocycles. The second-order valence-corrected chi connectivity index (χ2v) is 7.79. The van der Waals surface area contributed by atoms with E-state index in [1.807, 2.05) is 13.8 Å². The zero-order valence-corrected chi connectivity index (χ0v) is 18.0. The number of nitrogens with zero attached hydrogens (tertiary/aromatic N) is 2. The summed E-state index contributed by atoms with van der Waals surface area (Å²) in [5.41, 5.74) is 1.10. The Bertz CT molecular complexity index is 989. The molecule has 1 saturated heterocycles. The molecule has 0 aromatic heterocycles. The number of nitrogens with one attached hydrogen (secondary N) is 1. The number of rotatable bonds is 7. The molecule has 8 nitrogen and oxygen atoms in total. The van der Waals surface area contributed by atoms with Crippen LogP contribution in [-0.2, 0) is 9.59 Å². The van der Waals surface area contributed by atoms with Crippen LogP contribution in [0.15, 0.2) is 53.5 Å². The average molecular weight is 441 g/mol. The summed E-state index contributed by atoms with van der Waals surface area (Å²) in [5, 5.41) is 13.4. The molecule has 3 rings (SSSR count). The van der Waals surface area contributed by atoms with Crippen molar-refractivity contribution in [3.8, 4) is 5.75 Å². The van der Waals surface area contributed by atoms with Gasteiger partial charge in [0.25, 0.3) is 0 Å². The second-order valence-electron chi connectivity index (χ2n) is 6.62. The third-order valence-electron chi connectivity index (χ3n) is 4.51. The van der Waals surface area contributed by atoms with Gasteiger partial charge in [0.05, 0.1) is 18.3 Å². The molecule has 0 bridgehead atoms. The third kappa shape index (κ3) is 5.64. The molecular weight excluding hydrogens is 418 g/mol. The van der Waals surface area contributed by atoms with Crippen LogP contribution in [0.3, 0.4) is 0 Å². The molecule has 2 aromatic carbocycles. The highest BCUT2D eigenvalue weighted by Crippen LogP contribution is 2.30. The number of amidine groups is 1. The Kier molecular flexibility index (Phi) is 7.30. The number of hydrogen-bond donors (Lipinski definition) is 1. The van der Waals surface area contributed by atoms with E-state index in [2.05, 4.69) is 10.3 Å². The largest absolute Gasteiger partial charge is 0.545 e. The highest BCUT2D eigenvalue weighted by atomic mass is 32.2. The first-order valence-electron chi connectivity index (χ1n) is 9.82. The Morgan fingerprint density at radius 1 is 1.16 bits per heavy atom. The van der Waals surface area contributed by atoms with E-state index >= 15 is 0 Å². The number of anilines is 1. The summed E-state index contributed by atoms with van der Waals surface area (Å²) in [5.74, 6) is -1.10. The number of thioether (sulfide) groups is 1. The number of aromatic carboxylic acids is 1. The predicted octanol–water partition coefficient (Wildman–Crippen LogP) is 2.43. The monoisotopic (exact) mass is 440 g/mol. The van der Waals surface area contributed by atoms with Crippen molar-refractivity contribution >= 4 is 46.1 Å². The van der Waals surface area contributed by atoms with Gasteiger partial charge in [-0.15, -0.1) is 0 Å². The maximum atomic E-state index is 12.7. The molecule has 0 radical (unpaired) electrons. The molecule has 9 heteroatoms. The topological polar surface area (TPSA) is 111 Å². The molecule has 162 valence electrons. The smallest absolute Gasteiger partial charge is 0.238 e. The molecule has 0 unspecified atom stereocenters. The predicted molar refractivity (Wildman–Crippen MR) is 117 cm³/mol.